The Kier molecular flexibility index (Phi) is 4.53. The molecule has 1 aromatic carbocycles. The molecular formula is C15H18BrN3. The van der Waals surface area contributed by atoms with Gasteiger partial charge in [0.1, 0.15) is 16.2 Å². The number of nitrogens with one attached hydrogen (secondary N) is 1. The molecule has 0 aliphatic rings. The van der Waals surface area contributed by atoms with Crippen molar-refractivity contribution in [1.82, 2.24) is 9.97 Å². The number of halogens is 1. The molecule has 2 rings (SSSR count). The molecule has 1 N–H and O–H groups in total. The molecular weight excluding hydrogens is 302 g/mol. The van der Waals surface area contributed by atoms with Gasteiger partial charge >= 0.3 is 0 Å². The second-order valence-electron chi connectivity index (χ2n) is 4.71. The van der Waals surface area contributed by atoms with Crippen LogP contribution < -0.4 is 5.32 Å². The highest BCUT2D eigenvalue weighted by atomic mass is 79.9. The van der Waals surface area contributed by atoms with E-state index in [0.717, 1.165) is 28.4 Å². The summed E-state index contributed by atoms with van der Waals surface area (Å²) in [5, 5.41) is 3.39. The highest BCUT2D eigenvalue weighted by Crippen LogP contribution is 2.26. The highest BCUT2D eigenvalue weighted by Gasteiger charge is 2.07. The Balaban J connectivity index is 2.33. The van der Waals surface area contributed by atoms with Crippen molar-refractivity contribution in [3.63, 3.8) is 0 Å². The number of nitrogens with zero attached hydrogens (tertiary/aromatic N) is 2. The van der Waals surface area contributed by atoms with Crippen LogP contribution in [-0.2, 0) is 6.42 Å². The lowest BCUT2D eigenvalue weighted by atomic mass is 10.0. The molecule has 0 fully saturated rings. The van der Waals surface area contributed by atoms with Crippen molar-refractivity contribution in [2.24, 2.45) is 0 Å². The van der Waals surface area contributed by atoms with Crippen LogP contribution in [0.3, 0.4) is 0 Å². The van der Waals surface area contributed by atoms with E-state index in [-0.39, 0.29) is 0 Å². The summed E-state index contributed by atoms with van der Waals surface area (Å²) in [6.45, 7) is 6.43. The van der Waals surface area contributed by atoms with Crippen LogP contribution in [0.1, 0.15) is 38.1 Å². The lowest BCUT2D eigenvalue weighted by molar-refractivity contribution is 0.868. The first-order chi connectivity index (χ1) is 9.10. The van der Waals surface area contributed by atoms with Gasteiger partial charge in [0, 0.05) is 18.2 Å². The predicted octanol–water partition coefficient (Wildman–Crippen LogP) is 4.67. The minimum absolute atomic E-state index is 0.472. The fraction of sp³-hybridized carbons (Fsp3) is 0.333. The summed E-state index contributed by atoms with van der Waals surface area (Å²) < 4.78 is 0.809. The largest absolute Gasteiger partial charge is 0.340 e. The molecule has 0 aliphatic carbocycles. The number of hydrogen-bond acceptors (Lipinski definition) is 3. The SMILES string of the molecule is CCc1nc(Br)cc(Nc2ccccc2C(C)C)n1. The van der Waals surface area contributed by atoms with Crippen molar-refractivity contribution in [2.45, 2.75) is 33.1 Å². The molecule has 0 spiro atoms. The molecule has 0 unspecified atom stereocenters. The molecule has 0 aliphatic heterocycles. The lowest BCUT2D eigenvalue weighted by Crippen LogP contribution is -2.02. The Bertz CT molecular complexity index is 567. The molecule has 0 radical (unpaired) electrons. The molecule has 0 amide bonds. The molecule has 2 aromatic rings. The Morgan fingerprint density at radius 2 is 1.95 bits per heavy atom. The Labute approximate surface area is 122 Å². The van der Waals surface area contributed by atoms with Gasteiger partial charge in [0.05, 0.1) is 0 Å². The van der Waals surface area contributed by atoms with Gasteiger partial charge in [-0.1, -0.05) is 39.0 Å². The molecule has 4 heteroatoms. The van der Waals surface area contributed by atoms with Gasteiger partial charge in [-0.2, -0.15) is 0 Å². The molecule has 1 heterocycles. The number of benzene rings is 1. The maximum Gasteiger partial charge on any atom is 0.135 e. The third-order valence-corrected chi connectivity index (χ3v) is 3.31. The maximum atomic E-state index is 4.50. The average Bonchev–Trinajstić information content (AvgIpc) is 2.38. The molecule has 0 saturated heterocycles. The second kappa shape index (κ2) is 6.15. The number of rotatable bonds is 4. The summed E-state index contributed by atoms with van der Waals surface area (Å²) in [6, 6.07) is 10.2. The van der Waals surface area contributed by atoms with E-state index in [1.165, 1.54) is 5.56 Å². The average molecular weight is 320 g/mol. The van der Waals surface area contributed by atoms with E-state index in [1.54, 1.807) is 0 Å². The van der Waals surface area contributed by atoms with Crippen molar-refractivity contribution in [3.8, 4) is 0 Å². The monoisotopic (exact) mass is 319 g/mol. The van der Waals surface area contributed by atoms with Crippen LogP contribution in [-0.4, -0.2) is 9.97 Å². The highest BCUT2D eigenvalue weighted by molar-refractivity contribution is 9.10. The number of aryl methyl sites for hydroxylation is 1. The summed E-state index contributed by atoms with van der Waals surface area (Å²) in [5.41, 5.74) is 2.39. The smallest absolute Gasteiger partial charge is 0.135 e. The van der Waals surface area contributed by atoms with Crippen LogP contribution >= 0.6 is 15.9 Å². The molecule has 19 heavy (non-hydrogen) atoms. The summed E-state index contributed by atoms with van der Waals surface area (Å²) in [7, 11) is 0. The molecule has 0 atom stereocenters. The quantitative estimate of drug-likeness (QED) is 0.832. The van der Waals surface area contributed by atoms with Crippen LogP contribution in [0.5, 0.6) is 0 Å². The number of hydrogen-bond donors (Lipinski definition) is 1. The first kappa shape index (κ1) is 14.0. The van der Waals surface area contributed by atoms with E-state index in [9.17, 15) is 0 Å². The van der Waals surface area contributed by atoms with Crippen molar-refractivity contribution in [3.05, 3.63) is 46.3 Å². The zero-order valence-electron chi connectivity index (χ0n) is 11.4. The fourth-order valence-corrected chi connectivity index (χ4v) is 2.36. The van der Waals surface area contributed by atoms with E-state index < -0.39 is 0 Å². The minimum Gasteiger partial charge on any atom is -0.340 e. The van der Waals surface area contributed by atoms with Gasteiger partial charge in [-0.15, -0.1) is 0 Å². The van der Waals surface area contributed by atoms with E-state index in [0.29, 0.717) is 5.92 Å². The molecule has 3 nitrogen and oxygen atoms in total. The summed E-state index contributed by atoms with van der Waals surface area (Å²) >= 11 is 3.42. The van der Waals surface area contributed by atoms with E-state index in [1.807, 2.05) is 19.1 Å². The number of aromatic nitrogens is 2. The Hall–Kier alpha value is -1.42. The number of anilines is 2. The van der Waals surface area contributed by atoms with Crippen molar-refractivity contribution < 1.29 is 0 Å². The first-order valence-corrected chi connectivity index (χ1v) is 7.29. The standard InChI is InChI=1S/C15H18BrN3/c1-4-14-18-13(16)9-15(19-14)17-12-8-6-5-7-11(12)10(2)3/h5-10H,4H2,1-3H3,(H,17,18,19). The van der Waals surface area contributed by atoms with Crippen molar-refractivity contribution in [2.75, 3.05) is 5.32 Å². The predicted molar refractivity (Wildman–Crippen MR) is 82.9 cm³/mol. The van der Waals surface area contributed by atoms with E-state index in [2.05, 4.69) is 63.3 Å². The van der Waals surface area contributed by atoms with Gasteiger partial charge in [-0.25, -0.2) is 9.97 Å². The lowest BCUT2D eigenvalue weighted by Gasteiger charge is -2.14. The van der Waals surface area contributed by atoms with Gasteiger partial charge in [0.15, 0.2) is 0 Å². The second-order valence-corrected chi connectivity index (χ2v) is 5.53. The molecule has 0 bridgehead atoms. The Morgan fingerprint density at radius 3 is 2.63 bits per heavy atom. The van der Waals surface area contributed by atoms with Crippen LogP contribution in [0.25, 0.3) is 0 Å². The number of para-hydroxylation sites is 1. The van der Waals surface area contributed by atoms with Crippen LogP contribution in [0.15, 0.2) is 34.9 Å². The van der Waals surface area contributed by atoms with E-state index in [4.69, 9.17) is 0 Å². The topological polar surface area (TPSA) is 37.8 Å². The van der Waals surface area contributed by atoms with Crippen LogP contribution in [0, 0.1) is 0 Å². The van der Waals surface area contributed by atoms with Gasteiger partial charge in [0.25, 0.3) is 0 Å². The summed E-state index contributed by atoms with van der Waals surface area (Å²) in [4.78, 5) is 8.81. The van der Waals surface area contributed by atoms with Gasteiger partial charge < -0.3 is 5.32 Å². The van der Waals surface area contributed by atoms with Crippen LogP contribution in [0.4, 0.5) is 11.5 Å². The molecule has 100 valence electrons. The zero-order chi connectivity index (χ0) is 13.8. The van der Waals surface area contributed by atoms with E-state index >= 15 is 0 Å². The fourth-order valence-electron chi connectivity index (χ4n) is 1.94. The molecule has 0 saturated carbocycles. The third-order valence-electron chi connectivity index (χ3n) is 2.90. The van der Waals surface area contributed by atoms with Crippen LogP contribution in [0.2, 0.25) is 0 Å². The zero-order valence-corrected chi connectivity index (χ0v) is 13.0. The van der Waals surface area contributed by atoms with Crippen molar-refractivity contribution in [1.29, 1.82) is 0 Å². The van der Waals surface area contributed by atoms with Gasteiger partial charge in [0.2, 0.25) is 0 Å². The van der Waals surface area contributed by atoms with Crippen molar-refractivity contribution >= 4 is 27.4 Å². The normalized spacial score (nSPS) is 10.8. The summed E-state index contributed by atoms with van der Waals surface area (Å²) in [6.07, 6.45) is 0.819. The maximum absolute atomic E-state index is 4.50. The third kappa shape index (κ3) is 3.53. The summed E-state index contributed by atoms with van der Waals surface area (Å²) in [5.74, 6) is 2.13. The van der Waals surface area contributed by atoms with Gasteiger partial charge in [-0.05, 0) is 33.5 Å². The first-order valence-electron chi connectivity index (χ1n) is 6.49. The Morgan fingerprint density at radius 1 is 1.21 bits per heavy atom. The molecule has 1 aromatic heterocycles. The van der Waals surface area contributed by atoms with Gasteiger partial charge in [-0.3, -0.25) is 0 Å². The minimum atomic E-state index is 0.472.